The number of methoxy groups -OCH3 is 1. The SMILES string of the molecule is COc1ccc(C2CC(=O)N(CC(=O)N3CCOCC3)C2)c2c1oc1ccccc12. The third-order valence-corrected chi connectivity index (χ3v) is 6.09. The Kier molecular flexibility index (Phi) is 4.83. The van der Waals surface area contributed by atoms with Crippen molar-refractivity contribution in [2.45, 2.75) is 12.3 Å². The van der Waals surface area contributed by atoms with Crippen LogP contribution in [-0.4, -0.2) is 68.1 Å². The van der Waals surface area contributed by atoms with Crippen molar-refractivity contribution >= 4 is 33.8 Å². The van der Waals surface area contributed by atoms with Gasteiger partial charge in [0.05, 0.1) is 26.9 Å². The highest BCUT2D eigenvalue weighted by Gasteiger charge is 2.34. The van der Waals surface area contributed by atoms with Crippen LogP contribution in [0.1, 0.15) is 17.9 Å². The molecule has 7 nitrogen and oxygen atoms in total. The molecule has 0 spiro atoms. The summed E-state index contributed by atoms with van der Waals surface area (Å²) in [5, 5.41) is 2.00. The molecule has 2 aromatic carbocycles. The van der Waals surface area contributed by atoms with Gasteiger partial charge < -0.3 is 23.7 Å². The van der Waals surface area contributed by atoms with Crippen LogP contribution in [0.15, 0.2) is 40.8 Å². The third kappa shape index (κ3) is 3.19. The maximum absolute atomic E-state index is 12.7. The van der Waals surface area contributed by atoms with Crippen molar-refractivity contribution < 1.29 is 23.5 Å². The Hall–Kier alpha value is -3.06. The third-order valence-electron chi connectivity index (χ3n) is 6.09. The summed E-state index contributed by atoms with van der Waals surface area (Å²) in [6.07, 6.45) is 0.386. The lowest BCUT2D eigenvalue weighted by Gasteiger charge is -2.28. The van der Waals surface area contributed by atoms with Gasteiger partial charge in [-0.2, -0.15) is 0 Å². The lowest BCUT2D eigenvalue weighted by Crippen LogP contribution is -2.46. The first-order valence-electron chi connectivity index (χ1n) is 10.3. The van der Waals surface area contributed by atoms with Crippen molar-refractivity contribution in [2.75, 3.05) is 46.5 Å². The van der Waals surface area contributed by atoms with Gasteiger partial charge in [0.25, 0.3) is 0 Å². The molecule has 7 heteroatoms. The van der Waals surface area contributed by atoms with Gasteiger partial charge in [0.2, 0.25) is 11.8 Å². The molecule has 2 amide bonds. The molecule has 1 unspecified atom stereocenters. The second-order valence-electron chi connectivity index (χ2n) is 7.83. The first-order chi connectivity index (χ1) is 14.7. The van der Waals surface area contributed by atoms with Crippen molar-refractivity contribution in [1.82, 2.24) is 9.80 Å². The zero-order chi connectivity index (χ0) is 20.7. The zero-order valence-electron chi connectivity index (χ0n) is 16.9. The maximum Gasteiger partial charge on any atom is 0.242 e. The largest absolute Gasteiger partial charge is 0.493 e. The molecule has 2 aliphatic heterocycles. The molecule has 0 bridgehead atoms. The molecule has 1 atom stereocenters. The number of ether oxygens (including phenoxy) is 2. The molecule has 0 aliphatic carbocycles. The molecule has 5 rings (SSSR count). The second kappa shape index (κ2) is 7.65. The summed E-state index contributed by atoms with van der Waals surface area (Å²) < 4.78 is 16.9. The Labute approximate surface area is 174 Å². The van der Waals surface area contributed by atoms with Crippen molar-refractivity contribution in [3.8, 4) is 5.75 Å². The predicted octanol–water partition coefficient (Wildman–Crippen LogP) is 2.77. The van der Waals surface area contributed by atoms with Crippen molar-refractivity contribution in [2.24, 2.45) is 0 Å². The monoisotopic (exact) mass is 408 g/mol. The van der Waals surface area contributed by atoms with Crippen LogP contribution < -0.4 is 4.74 Å². The Morgan fingerprint density at radius 1 is 1.17 bits per heavy atom. The van der Waals surface area contributed by atoms with Crippen molar-refractivity contribution in [1.29, 1.82) is 0 Å². The van der Waals surface area contributed by atoms with Gasteiger partial charge in [-0.1, -0.05) is 24.3 Å². The summed E-state index contributed by atoms with van der Waals surface area (Å²) in [7, 11) is 1.62. The maximum atomic E-state index is 12.7. The van der Waals surface area contributed by atoms with E-state index in [9.17, 15) is 9.59 Å². The number of amides is 2. The van der Waals surface area contributed by atoms with Crippen LogP contribution in [0.3, 0.4) is 0 Å². The van der Waals surface area contributed by atoms with Gasteiger partial charge in [-0.3, -0.25) is 9.59 Å². The quantitative estimate of drug-likeness (QED) is 0.664. The highest BCUT2D eigenvalue weighted by atomic mass is 16.5. The zero-order valence-corrected chi connectivity index (χ0v) is 16.9. The number of hydrogen-bond acceptors (Lipinski definition) is 5. The van der Waals surface area contributed by atoms with Crippen LogP contribution in [-0.2, 0) is 14.3 Å². The minimum Gasteiger partial charge on any atom is -0.493 e. The average Bonchev–Trinajstić information content (AvgIpc) is 3.34. The van der Waals surface area contributed by atoms with Gasteiger partial charge in [0, 0.05) is 42.7 Å². The Morgan fingerprint density at radius 2 is 1.97 bits per heavy atom. The number of benzene rings is 2. The first kappa shape index (κ1) is 18.9. The van der Waals surface area contributed by atoms with Gasteiger partial charge >= 0.3 is 0 Å². The molecule has 2 saturated heterocycles. The molecule has 3 aromatic rings. The molecule has 3 heterocycles. The number of morpholine rings is 1. The van der Waals surface area contributed by atoms with E-state index in [1.54, 1.807) is 16.9 Å². The van der Waals surface area contributed by atoms with E-state index < -0.39 is 0 Å². The summed E-state index contributed by atoms with van der Waals surface area (Å²) in [6, 6.07) is 11.8. The number of fused-ring (bicyclic) bond motifs is 3. The molecule has 156 valence electrons. The minimum absolute atomic E-state index is 0.00408. The Bertz CT molecular complexity index is 1120. The molecule has 30 heavy (non-hydrogen) atoms. The first-order valence-corrected chi connectivity index (χ1v) is 10.3. The van der Waals surface area contributed by atoms with E-state index in [1.807, 2.05) is 36.4 Å². The van der Waals surface area contributed by atoms with Crippen LogP contribution in [0.2, 0.25) is 0 Å². The lowest BCUT2D eigenvalue weighted by atomic mass is 9.93. The number of hydrogen-bond donors (Lipinski definition) is 0. The molecular weight excluding hydrogens is 384 g/mol. The predicted molar refractivity (Wildman–Crippen MR) is 112 cm³/mol. The number of rotatable bonds is 4. The summed E-state index contributed by atoms with van der Waals surface area (Å²) in [4.78, 5) is 28.8. The number of carbonyl (C=O) groups is 2. The van der Waals surface area contributed by atoms with Gasteiger partial charge in [-0.25, -0.2) is 0 Å². The average molecular weight is 408 g/mol. The van der Waals surface area contributed by atoms with E-state index in [-0.39, 0.29) is 24.3 Å². The van der Waals surface area contributed by atoms with Crippen molar-refractivity contribution in [3.63, 3.8) is 0 Å². The highest BCUT2D eigenvalue weighted by Crippen LogP contribution is 2.41. The summed E-state index contributed by atoms with van der Waals surface area (Å²) in [5.74, 6) is 0.678. The number of likely N-dealkylation sites (tertiary alicyclic amines) is 1. The Balaban J connectivity index is 1.45. The van der Waals surface area contributed by atoms with Gasteiger partial charge in [0.15, 0.2) is 11.3 Å². The standard InChI is InChI=1S/C23H24N2O5/c1-28-19-7-6-16(22-17-4-2-3-5-18(17)30-23(19)22)15-12-20(26)25(13-15)14-21(27)24-8-10-29-11-9-24/h2-7,15H,8-14H2,1H3. The summed E-state index contributed by atoms with van der Waals surface area (Å²) in [6.45, 7) is 2.94. The molecule has 2 aliphatic rings. The number of carbonyl (C=O) groups excluding carboxylic acids is 2. The molecule has 0 N–H and O–H groups in total. The van der Waals surface area contributed by atoms with Crippen molar-refractivity contribution in [3.05, 3.63) is 42.0 Å². The van der Waals surface area contributed by atoms with E-state index in [0.29, 0.717) is 50.6 Å². The topological polar surface area (TPSA) is 72.2 Å². The lowest BCUT2D eigenvalue weighted by molar-refractivity contribution is -0.141. The van der Waals surface area contributed by atoms with Crippen LogP contribution >= 0.6 is 0 Å². The fraction of sp³-hybridized carbons (Fsp3) is 0.391. The van der Waals surface area contributed by atoms with E-state index in [0.717, 1.165) is 21.9 Å². The number of para-hydroxylation sites is 1. The molecule has 0 saturated carbocycles. The number of furan rings is 1. The van der Waals surface area contributed by atoms with Crippen LogP contribution in [0.4, 0.5) is 0 Å². The normalized spacial score (nSPS) is 19.8. The van der Waals surface area contributed by atoms with Crippen LogP contribution in [0.25, 0.3) is 21.9 Å². The van der Waals surface area contributed by atoms with Gasteiger partial charge in [-0.05, 0) is 17.7 Å². The van der Waals surface area contributed by atoms with Crippen LogP contribution in [0, 0.1) is 0 Å². The highest BCUT2D eigenvalue weighted by molar-refractivity contribution is 6.09. The molecule has 2 fully saturated rings. The van der Waals surface area contributed by atoms with Gasteiger partial charge in [-0.15, -0.1) is 0 Å². The van der Waals surface area contributed by atoms with E-state index >= 15 is 0 Å². The van der Waals surface area contributed by atoms with Gasteiger partial charge in [0.1, 0.15) is 5.58 Å². The fourth-order valence-electron chi connectivity index (χ4n) is 4.54. The Morgan fingerprint density at radius 3 is 2.77 bits per heavy atom. The summed E-state index contributed by atoms with van der Waals surface area (Å²) in [5.41, 5.74) is 2.55. The van der Waals surface area contributed by atoms with E-state index in [1.165, 1.54) is 0 Å². The summed E-state index contributed by atoms with van der Waals surface area (Å²) >= 11 is 0. The molecular formula is C23H24N2O5. The van der Waals surface area contributed by atoms with E-state index in [4.69, 9.17) is 13.9 Å². The molecule has 0 radical (unpaired) electrons. The van der Waals surface area contributed by atoms with Crippen LogP contribution in [0.5, 0.6) is 5.75 Å². The molecule has 1 aromatic heterocycles. The number of nitrogens with zero attached hydrogens (tertiary/aromatic N) is 2. The smallest absolute Gasteiger partial charge is 0.242 e. The minimum atomic E-state index is -0.0130. The fourth-order valence-corrected chi connectivity index (χ4v) is 4.54. The second-order valence-corrected chi connectivity index (χ2v) is 7.83. The van der Waals surface area contributed by atoms with E-state index in [2.05, 4.69) is 0 Å².